The zero-order valence-corrected chi connectivity index (χ0v) is 12.9. The van der Waals surface area contributed by atoms with Crippen LogP contribution in [-0.4, -0.2) is 33.4 Å². The van der Waals surface area contributed by atoms with E-state index in [1.54, 1.807) is 13.8 Å². The third-order valence-electron chi connectivity index (χ3n) is 2.26. The second-order valence-electron chi connectivity index (χ2n) is 3.83. The number of hydrogen-bond acceptors (Lipinski definition) is 6. The summed E-state index contributed by atoms with van der Waals surface area (Å²) < 4.78 is 0. The standard InChI is InChI=1S/2C5H10O3.Zr/c2*1-3-5(2,8)4(6)7;/h2*8H,3H2,1-2H3,(H,6,7);/q;;+2/p-2. The van der Waals surface area contributed by atoms with Crippen LogP contribution in [0.4, 0.5) is 0 Å². The molecule has 0 spiro atoms. The molecule has 6 nitrogen and oxygen atoms in total. The van der Waals surface area contributed by atoms with Crippen molar-refractivity contribution in [3.05, 3.63) is 0 Å². The SMILES string of the molecule is CCC(C)(O)C(=O)[O-].CCC(C)(O)C(=O)[O-].[Zr+2]. The van der Waals surface area contributed by atoms with Crippen LogP contribution in [-0.2, 0) is 35.8 Å². The molecule has 0 fully saturated rings. The van der Waals surface area contributed by atoms with Crippen LogP contribution in [0, 0.1) is 0 Å². The fourth-order valence-corrected chi connectivity index (χ4v) is 0.289. The van der Waals surface area contributed by atoms with Crippen LogP contribution in [0.3, 0.4) is 0 Å². The topological polar surface area (TPSA) is 121 Å². The predicted molar refractivity (Wildman–Crippen MR) is 51.8 cm³/mol. The summed E-state index contributed by atoms with van der Waals surface area (Å²) in [7, 11) is 0. The Morgan fingerprint density at radius 1 is 0.941 bits per heavy atom. The maximum Gasteiger partial charge on any atom is 2.00 e. The van der Waals surface area contributed by atoms with Gasteiger partial charge in [0, 0.05) is 0 Å². The van der Waals surface area contributed by atoms with Gasteiger partial charge in [-0.05, 0) is 26.7 Å². The normalized spacial score (nSPS) is 16.4. The third kappa shape index (κ3) is 9.44. The molecule has 0 aliphatic rings. The Labute approximate surface area is 120 Å². The number of carboxylic acids is 2. The molecule has 2 atom stereocenters. The molecule has 0 aromatic rings. The summed E-state index contributed by atoms with van der Waals surface area (Å²) in [5.74, 6) is -2.83. The second-order valence-corrected chi connectivity index (χ2v) is 3.83. The van der Waals surface area contributed by atoms with Crippen molar-refractivity contribution in [2.45, 2.75) is 51.7 Å². The molecule has 0 saturated heterocycles. The smallest absolute Gasteiger partial charge is 0.547 e. The Balaban J connectivity index is -0.000000218. The van der Waals surface area contributed by atoms with Gasteiger partial charge in [-0.25, -0.2) is 0 Å². The fourth-order valence-electron chi connectivity index (χ4n) is 0.289. The number of hydrogen-bond donors (Lipinski definition) is 2. The minimum Gasteiger partial charge on any atom is -0.547 e. The average Bonchev–Trinajstić information content (AvgIpc) is 2.18. The molecule has 0 rings (SSSR count). The molecule has 17 heavy (non-hydrogen) atoms. The monoisotopic (exact) mass is 324 g/mol. The van der Waals surface area contributed by atoms with Gasteiger partial charge in [-0.15, -0.1) is 0 Å². The zero-order chi connectivity index (χ0) is 13.6. The van der Waals surface area contributed by atoms with Crippen molar-refractivity contribution in [3.63, 3.8) is 0 Å². The van der Waals surface area contributed by atoms with Gasteiger partial charge in [-0.3, -0.25) is 0 Å². The average molecular weight is 325 g/mol. The van der Waals surface area contributed by atoms with E-state index in [-0.39, 0.29) is 39.0 Å². The number of rotatable bonds is 4. The van der Waals surface area contributed by atoms with E-state index in [9.17, 15) is 19.8 Å². The van der Waals surface area contributed by atoms with Crippen LogP contribution in [0.2, 0.25) is 0 Å². The van der Waals surface area contributed by atoms with Crippen LogP contribution >= 0.6 is 0 Å². The molecular weight excluding hydrogens is 307 g/mol. The van der Waals surface area contributed by atoms with Gasteiger partial charge in [0.1, 0.15) is 11.2 Å². The second kappa shape index (κ2) is 8.78. The van der Waals surface area contributed by atoms with Gasteiger partial charge >= 0.3 is 26.2 Å². The van der Waals surface area contributed by atoms with Gasteiger partial charge in [0.05, 0.1) is 11.9 Å². The van der Waals surface area contributed by atoms with E-state index >= 15 is 0 Å². The van der Waals surface area contributed by atoms with Crippen LogP contribution in [0.1, 0.15) is 40.5 Å². The summed E-state index contributed by atoms with van der Waals surface area (Å²) in [6, 6.07) is 0. The molecule has 0 aromatic carbocycles. The number of carbonyl (C=O) groups excluding carboxylic acids is 2. The van der Waals surface area contributed by atoms with E-state index in [0.717, 1.165) is 0 Å². The van der Waals surface area contributed by atoms with Crippen molar-refractivity contribution in [1.82, 2.24) is 0 Å². The Kier molecular flexibility index (Phi) is 11.3. The van der Waals surface area contributed by atoms with Gasteiger partial charge in [-0.1, -0.05) is 13.8 Å². The van der Waals surface area contributed by atoms with E-state index in [1.165, 1.54) is 13.8 Å². The largest absolute Gasteiger partial charge is 2.00 e. The first-order valence-electron chi connectivity index (χ1n) is 4.89. The summed E-state index contributed by atoms with van der Waals surface area (Å²) in [6.07, 6.45) is 0.352. The third-order valence-corrected chi connectivity index (χ3v) is 2.26. The van der Waals surface area contributed by atoms with Crippen LogP contribution in [0.15, 0.2) is 0 Å². The van der Waals surface area contributed by atoms with Crippen molar-refractivity contribution in [3.8, 4) is 0 Å². The van der Waals surface area contributed by atoms with Crippen molar-refractivity contribution < 1.29 is 56.2 Å². The molecule has 0 aliphatic carbocycles. The molecule has 2 N–H and O–H groups in total. The van der Waals surface area contributed by atoms with Crippen LogP contribution in [0.5, 0.6) is 0 Å². The van der Waals surface area contributed by atoms with E-state index in [4.69, 9.17) is 10.2 Å². The molecule has 7 heteroatoms. The summed E-state index contributed by atoms with van der Waals surface area (Å²) >= 11 is 0. The molecule has 0 saturated carbocycles. The molecule has 0 radical (unpaired) electrons. The van der Waals surface area contributed by atoms with Gasteiger partial charge in [0.15, 0.2) is 0 Å². The van der Waals surface area contributed by atoms with Crippen LogP contribution in [0.25, 0.3) is 0 Å². The Hall–Kier alpha value is -0.257. The maximum atomic E-state index is 9.89. The molecule has 0 heterocycles. The minimum atomic E-state index is -1.65. The van der Waals surface area contributed by atoms with Gasteiger partial charge in [0.2, 0.25) is 0 Å². The number of carboxylic acid groups (broad SMARTS) is 2. The van der Waals surface area contributed by atoms with Crippen LogP contribution < -0.4 is 10.2 Å². The minimum absolute atomic E-state index is 0. The maximum absolute atomic E-state index is 9.89. The first-order chi connectivity index (χ1) is 7.01. The van der Waals surface area contributed by atoms with Gasteiger partial charge < -0.3 is 30.0 Å². The summed E-state index contributed by atoms with van der Waals surface area (Å²) in [6.45, 7) is 5.58. The Morgan fingerprint density at radius 3 is 1.12 bits per heavy atom. The first-order valence-corrected chi connectivity index (χ1v) is 4.89. The van der Waals surface area contributed by atoms with Crippen molar-refractivity contribution in [2.75, 3.05) is 0 Å². The summed E-state index contributed by atoms with van der Waals surface area (Å²) in [5.41, 5.74) is -3.31. The van der Waals surface area contributed by atoms with Gasteiger partial charge in [0.25, 0.3) is 0 Å². The molecule has 0 aromatic heterocycles. The Morgan fingerprint density at radius 2 is 1.12 bits per heavy atom. The van der Waals surface area contributed by atoms with E-state index in [2.05, 4.69) is 0 Å². The molecule has 0 aliphatic heterocycles. The van der Waals surface area contributed by atoms with E-state index < -0.39 is 23.1 Å². The van der Waals surface area contributed by atoms with E-state index in [0.29, 0.717) is 0 Å². The zero-order valence-electron chi connectivity index (χ0n) is 10.4. The molecular formula is C10H18O6Zr. The summed E-state index contributed by atoms with van der Waals surface area (Å²) in [5, 5.41) is 37.3. The van der Waals surface area contributed by atoms with E-state index in [1.807, 2.05) is 0 Å². The summed E-state index contributed by atoms with van der Waals surface area (Å²) in [4.78, 5) is 19.8. The number of aliphatic hydroxyl groups is 2. The molecule has 98 valence electrons. The molecule has 0 bridgehead atoms. The van der Waals surface area contributed by atoms with Crippen molar-refractivity contribution in [1.29, 1.82) is 0 Å². The number of carbonyl (C=O) groups is 2. The predicted octanol–water partition coefficient (Wildman–Crippen LogP) is -2.21. The number of aliphatic carboxylic acids is 2. The molecule has 0 amide bonds. The fraction of sp³-hybridized carbons (Fsp3) is 0.800. The Bertz CT molecular complexity index is 223. The van der Waals surface area contributed by atoms with Crippen molar-refractivity contribution >= 4 is 11.9 Å². The molecule has 2 unspecified atom stereocenters. The first kappa shape index (κ1) is 22.0. The van der Waals surface area contributed by atoms with Crippen molar-refractivity contribution in [2.24, 2.45) is 0 Å². The van der Waals surface area contributed by atoms with Gasteiger partial charge in [-0.2, -0.15) is 0 Å². The quantitative estimate of drug-likeness (QED) is 0.605.